The van der Waals surface area contributed by atoms with Crippen LogP contribution in [0.15, 0.2) is 59.0 Å². The first-order valence-corrected chi connectivity index (χ1v) is 10.5. The van der Waals surface area contributed by atoms with Gasteiger partial charge in [-0.2, -0.15) is 13.2 Å². The van der Waals surface area contributed by atoms with Crippen molar-refractivity contribution in [2.75, 3.05) is 43.6 Å². The number of para-hydroxylation sites is 2. The van der Waals surface area contributed by atoms with Gasteiger partial charge in [0, 0.05) is 18.8 Å². The topological polar surface area (TPSA) is 73.2 Å². The quantitative estimate of drug-likeness (QED) is 0.519. The van der Waals surface area contributed by atoms with E-state index in [4.69, 9.17) is 18.6 Å². The van der Waals surface area contributed by atoms with Crippen LogP contribution in [0.3, 0.4) is 0 Å². The first kappa shape index (κ1) is 23.5. The maximum absolute atomic E-state index is 13.7. The minimum Gasteiger partial charge on any atom is -0.493 e. The maximum Gasteiger partial charge on any atom is 0.418 e. The molecule has 0 saturated carbocycles. The fraction of sp³-hybridized carbons (Fsp3) is 0.292. The van der Waals surface area contributed by atoms with E-state index in [1.54, 1.807) is 30.3 Å². The third kappa shape index (κ3) is 5.45. The lowest BCUT2D eigenvalue weighted by Gasteiger charge is -2.29. The van der Waals surface area contributed by atoms with Crippen molar-refractivity contribution >= 4 is 17.3 Å². The molecule has 10 heteroatoms. The van der Waals surface area contributed by atoms with Crippen LogP contribution in [0.25, 0.3) is 0 Å². The van der Waals surface area contributed by atoms with Gasteiger partial charge in [0.2, 0.25) is 0 Å². The zero-order chi connectivity index (χ0) is 24.1. The summed E-state index contributed by atoms with van der Waals surface area (Å²) in [5.41, 5.74) is -0.865. The number of amides is 1. The molecule has 1 aliphatic rings. The first-order valence-electron chi connectivity index (χ1n) is 10.5. The number of halogens is 3. The summed E-state index contributed by atoms with van der Waals surface area (Å²) >= 11 is 0. The van der Waals surface area contributed by atoms with Gasteiger partial charge in [0.05, 0.1) is 31.6 Å². The minimum absolute atomic E-state index is 0.00962. The van der Waals surface area contributed by atoms with Gasteiger partial charge in [-0.15, -0.1) is 0 Å². The smallest absolute Gasteiger partial charge is 0.418 e. The van der Waals surface area contributed by atoms with E-state index in [-0.39, 0.29) is 18.1 Å². The Morgan fingerprint density at radius 3 is 2.50 bits per heavy atom. The molecule has 1 amide bonds. The summed E-state index contributed by atoms with van der Waals surface area (Å²) in [6.45, 7) is 1.89. The summed E-state index contributed by atoms with van der Waals surface area (Å²) < 4.78 is 62.8. The number of alkyl halides is 3. The minimum atomic E-state index is -4.65. The molecular weight excluding hydrogens is 453 g/mol. The average molecular weight is 476 g/mol. The normalized spacial score (nSPS) is 14.1. The molecule has 0 radical (unpaired) electrons. The van der Waals surface area contributed by atoms with Crippen molar-refractivity contribution in [2.24, 2.45) is 0 Å². The number of carbonyl (C=O) groups is 1. The molecule has 0 aliphatic carbocycles. The third-order valence-corrected chi connectivity index (χ3v) is 5.26. The molecule has 2 aromatic carbocycles. The van der Waals surface area contributed by atoms with Gasteiger partial charge in [-0.1, -0.05) is 12.1 Å². The number of ether oxygens (including phenoxy) is 3. The number of nitrogens with one attached hydrogen (secondary N) is 1. The van der Waals surface area contributed by atoms with Crippen LogP contribution in [0.1, 0.15) is 21.9 Å². The van der Waals surface area contributed by atoms with Crippen molar-refractivity contribution in [2.45, 2.75) is 12.8 Å². The molecule has 1 N–H and O–H groups in total. The fourth-order valence-corrected chi connectivity index (χ4v) is 3.54. The van der Waals surface area contributed by atoms with Crippen LogP contribution in [0.5, 0.6) is 11.5 Å². The van der Waals surface area contributed by atoms with Crippen molar-refractivity contribution in [1.29, 1.82) is 0 Å². The zero-order valence-electron chi connectivity index (χ0n) is 18.4. The van der Waals surface area contributed by atoms with Crippen molar-refractivity contribution < 1.29 is 36.6 Å². The molecule has 1 fully saturated rings. The van der Waals surface area contributed by atoms with Crippen molar-refractivity contribution in [3.8, 4) is 11.5 Å². The summed E-state index contributed by atoms with van der Waals surface area (Å²) in [6, 6.07) is 13.8. The van der Waals surface area contributed by atoms with E-state index >= 15 is 0 Å². The Kier molecular flexibility index (Phi) is 6.97. The second kappa shape index (κ2) is 10.1. The van der Waals surface area contributed by atoms with Crippen molar-refractivity contribution in [1.82, 2.24) is 0 Å². The second-order valence-electron chi connectivity index (χ2n) is 7.49. The molecule has 34 heavy (non-hydrogen) atoms. The standard InChI is InChI=1S/C24H23F3N2O5/c1-31-20-4-2-3-5-21(20)33-15-17-7-9-22(34-17)23(30)28-19-8-6-16(14-18(19)24(25,26)27)29-10-12-32-13-11-29/h2-9,14H,10-13,15H2,1H3,(H,28,30). The molecule has 180 valence electrons. The summed E-state index contributed by atoms with van der Waals surface area (Å²) in [5.74, 6) is 0.418. The molecule has 0 atom stereocenters. The Labute approximate surface area is 194 Å². The predicted molar refractivity (Wildman–Crippen MR) is 118 cm³/mol. The highest BCUT2D eigenvalue weighted by molar-refractivity contribution is 6.02. The van der Waals surface area contributed by atoms with Gasteiger partial charge in [-0.05, 0) is 42.5 Å². The van der Waals surface area contributed by atoms with Crippen LogP contribution in [0.2, 0.25) is 0 Å². The van der Waals surface area contributed by atoms with Crippen LogP contribution < -0.4 is 19.7 Å². The fourth-order valence-electron chi connectivity index (χ4n) is 3.54. The number of anilines is 2. The summed E-state index contributed by atoms with van der Waals surface area (Å²) in [5, 5.41) is 2.31. The Bertz CT molecular complexity index is 1140. The van der Waals surface area contributed by atoms with E-state index in [0.717, 1.165) is 6.07 Å². The number of methoxy groups -OCH3 is 1. The van der Waals surface area contributed by atoms with Crippen LogP contribution in [0.4, 0.5) is 24.5 Å². The zero-order valence-corrected chi connectivity index (χ0v) is 18.4. The molecule has 1 saturated heterocycles. The highest BCUT2D eigenvalue weighted by Gasteiger charge is 2.35. The number of hydrogen-bond acceptors (Lipinski definition) is 6. The number of morpholine rings is 1. The largest absolute Gasteiger partial charge is 0.493 e. The number of rotatable bonds is 7. The number of carbonyl (C=O) groups excluding carboxylic acids is 1. The number of benzene rings is 2. The van der Waals surface area contributed by atoms with E-state index < -0.39 is 17.6 Å². The van der Waals surface area contributed by atoms with Crippen molar-refractivity contribution in [3.05, 3.63) is 71.7 Å². The molecule has 0 bridgehead atoms. The van der Waals surface area contributed by atoms with E-state index in [2.05, 4.69) is 5.32 Å². The number of furan rings is 1. The molecule has 7 nitrogen and oxygen atoms in total. The Balaban J connectivity index is 1.46. The number of hydrogen-bond donors (Lipinski definition) is 1. The predicted octanol–water partition coefficient (Wildman–Crippen LogP) is 4.97. The van der Waals surface area contributed by atoms with Gasteiger partial charge in [-0.25, -0.2) is 0 Å². The van der Waals surface area contributed by atoms with Gasteiger partial charge < -0.3 is 28.8 Å². The Hall–Kier alpha value is -3.66. The number of nitrogens with zero attached hydrogens (tertiary/aromatic N) is 1. The van der Waals surface area contributed by atoms with Crippen LogP contribution in [-0.4, -0.2) is 39.3 Å². The Morgan fingerprint density at radius 1 is 1.06 bits per heavy atom. The summed E-state index contributed by atoms with van der Waals surface area (Å²) in [7, 11) is 1.51. The highest BCUT2D eigenvalue weighted by atomic mass is 19.4. The van der Waals surface area contributed by atoms with Gasteiger partial charge in [0.1, 0.15) is 12.4 Å². The lowest BCUT2D eigenvalue weighted by atomic mass is 10.1. The molecule has 1 aliphatic heterocycles. The van der Waals surface area contributed by atoms with E-state index in [9.17, 15) is 18.0 Å². The van der Waals surface area contributed by atoms with Crippen LogP contribution in [-0.2, 0) is 17.5 Å². The van der Waals surface area contributed by atoms with Crippen LogP contribution in [0, 0.1) is 0 Å². The molecule has 0 spiro atoms. The highest BCUT2D eigenvalue weighted by Crippen LogP contribution is 2.38. The second-order valence-corrected chi connectivity index (χ2v) is 7.49. The molecule has 2 heterocycles. The molecule has 0 unspecified atom stereocenters. The monoisotopic (exact) mass is 476 g/mol. The van der Waals surface area contributed by atoms with Crippen LogP contribution >= 0.6 is 0 Å². The van der Waals surface area contributed by atoms with Crippen molar-refractivity contribution in [3.63, 3.8) is 0 Å². The summed E-state index contributed by atoms with van der Waals surface area (Å²) in [6.07, 6.45) is -4.65. The molecule has 1 aromatic heterocycles. The first-order chi connectivity index (χ1) is 16.3. The SMILES string of the molecule is COc1ccccc1OCc1ccc(C(=O)Nc2ccc(N3CCOCC3)cc2C(F)(F)F)o1. The molecule has 3 aromatic rings. The lowest BCUT2D eigenvalue weighted by Crippen LogP contribution is -2.36. The summed E-state index contributed by atoms with van der Waals surface area (Å²) in [4.78, 5) is 14.4. The van der Waals surface area contributed by atoms with E-state index in [1.807, 2.05) is 4.90 Å². The van der Waals surface area contributed by atoms with Gasteiger partial charge >= 0.3 is 6.18 Å². The van der Waals surface area contributed by atoms with E-state index in [0.29, 0.717) is 49.2 Å². The third-order valence-electron chi connectivity index (χ3n) is 5.26. The van der Waals surface area contributed by atoms with Gasteiger partial charge in [0.25, 0.3) is 5.91 Å². The lowest BCUT2D eigenvalue weighted by molar-refractivity contribution is -0.136. The molecule has 4 rings (SSSR count). The average Bonchev–Trinajstić information content (AvgIpc) is 3.32. The molecular formula is C24H23F3N2O5. The van der Waals surface area contributed by atoms with E-state index in [1.165, 1.54) is 25.3 Å². The Morgan fingerprint density at radius 2 is 1.79 bits per heavy atom. The van der Waals surface area contributed by atoms with Gasteiger partial charge in [-0.3, -0.25) is 4.79 Å². The van der Waals surface area contributed by atoms with Gasteiger partial charge in [0.15, 0.2) is 17.3 Å². The maximum atomic E-state index is 13.7.